The number of ether oxygens (including phenoxy) is 2. The fourth-order valence-electron chi connectivity index (χ4n) is 1.14. The van der Waals surface area contributed by atoms with Gasteiger partial charge in [0.05, 0.1) is 13.2 Å². The van der Waals surface area contributed by atoms with E-state index in [0.717, 1.165) is 13.2 Å². The van der Waals surface area contributed by atoms with E-state index in [4.69, 9.17) is 9.47 Å². The van der Waals surface area contributed by atoms with E-state index in [2.05, 4.69) is 0 Å². The van der Waals surface area contributed by atoms with Crippen LogP contribution in [0.15, 0.2) is 0 Å². The Kier molecular flexibility index (Phi) is 1.08. The summed E-state index contributed by atoms with van der Waals surface area (Å²) in [7, 11) is 0. The van der Waals surface area contributed by atoms with Gasteiger partial charge < -0.3 is 9.47 Å². The van der Waals surface area contributed by atoms with Crippen LogP contribution >= 0.6 is 0 Å². The van der Waals surface area contributed by atoms with E-state index >= 15 is 0 Å². The Labute approximate surface area is 55.1 Å². The fraction of sp³-hybridized carbons (Fsp3) is 1.00. The second-order valence-electron chi connectivity index (χ2n) is 3.19. The van der Waals surface area contributed by atoms with Crippen LogP contribution in [0.1, 0.15) is 19.8 Å². The highest BCUT2D eigenvalue weighted by Gasteiger charge is 2.46. The van der Waals surface area contributed by atoms with E-state index in [1.807, 2.05) is 6.92 Å². The Morgan fingerprint density at radius 3 is 2.22 bits per heavy atom. The van der Waals surface area contributed by atoms with Gasteiger partial charge in [0, 0.05) is 5.41 Å². The Morgan fingerprint density at radius 1 is 1.22 bits per heavy atom. The lowest BCUT2D eigenvalue weighted by Gasteiger charge is -2.26. The van der Waals surface area contributed by atoms with Crippen LogP contribution < -0.4 is 0 Å². The third-order valence-electron chi connectivity index (χ3n) is 2.21. The van der Waals surface area contributed by atoms with Crippen molar-refractivity contribution in [2.45, 2.75) is 26.1 Å². The van der Waals surface area contributed by atoms with Crippen LogP contribution in [-0.2, 0) is 9.47 Å². The normalized spacial score (nSPS) is 33.0. The molecule has 1 aliphatic heterocycles. The third kappa shape index (κ3) is 0.970. The number of hydrogen-bond donors (Lipinski definition) is 0. The minimum atomic E-state index is 0.0382. The molecule has 0 bridgehead atoms. The van der Waals surface area contributed by atoms with Crippen molar-refractivity contribution in [3.05, 3.63) is 0 Å². The van der Waals surface area contributed by atoms with Gasteiger partial charge in [0.25, 0.3) is 0 Å². The largest absolute Gasteiger partial charge is 0.352 e. The van der Waals surface area contributed by atoms with Crippen LogP contribution in [0.25, 0.3) is 0 Å². The van der Waals surface area contributed by atoms with Crippen molar-refractivity contribution in [1.82, 2.24) is 0 Å². The zero-order chi connectivity index (χ0) is 6.32. The molecule has 2 fully saturated rings. The highest BCUT2D eigenvalue weighted by Crippen LogP contribution is 2.48. The summed E-state index contributed by atoms with van der Waals surface area (Å²) in [5, 5.41) is 0. The zero-order valence-electron chi connectivity index (χ0n) is 5.72. The van der Waals surface area contributed by atoms with E-state index in [1.54, 1.807) is 0 Å². The van der Waals surface area contributed by atoms with Gasteiger partial charge in [-0.25, -0.2) is 0 Å². The summed E-state index contributed by atoms with van der Waals surface area (Å²) >= 11 is 0. The fourth-order valence-corrected chi connectivity index (χ4v) is 1.14. The molecule has 1 spiro atoms. The van der Waals surface area contributed by atoms with Crippen molar-refractivity contribution in [2.24, 2.45) is 5.41 Å². The smallest absolute Gasteiger partial charge is 0.154 e. The van der Waals surface area contributed by atoms with E-state index in [1.165, 1.54) is 12.8 Å². The van der Waals surface area contributed by atoms with Gasteiger partial charge in [-0.05, 0) is 19.8 Å². The summed E-state index contributed by atoms with van der Waals surface area (Å²) in [6.07, 6.45) is 2.65. The molecule has 0 aromatic rings. The summed E-state index contributed by atoms with van der Waals surface area (Å²) in [4.78, 5) is 0. The third-order valence-corrected chi connectivity index (χ3v) is 2.21. The van der Waals surface area contributed by atoms with E-state index in [9.17, 15) is 0 Å². The Bertz CT molecular complexity index is 108. The Balaban J connectivity index is 1.91. The first-order chi connectivity index (χ1) is 4.31. The first-order valence-electron chi connectivity index (χ1n) is 3.54. The van der Waals surface area contributed by atoms with Gasteiger partial charge in [0.2, 0.25) is 0 Å². The van der Waals surface area contributed by atoms with Crippen molar-refractivity contribution in [3.63, 3.8) is 0 Å². The summed E-state index contributed by atoms with van der Waals surface area (Å²) in [6.45, 7) is 3.80. The molecule has 2 rings (SSSR count). The lowest BCUT2D eigenvalue weighted by atomic mass is 10.1. The predicted molar refractivity (Wildman–Crippen MR) is 33.0 cm³/mol. The topological polar surface area (TPSA) is 18.5 Å². The molecule has 0 aromatic heterocycles. The standard InChI is InChI=1S/C7H12O2/c1-6-8-4-7(2-3-7)5-9-6/h6H,2-5H2,1H3. The molecule has 0 unspecified atom stereocenters. The molecule has 2 nitrogen and oxygen atoms in total. The first-order valence-corrected chi connectivity index (χ1v) is 3.54. The van der Waals surface area contributed by atoms with Gasteiger partial charge in [-0.1, -0.05) is 0 Å². The summed E-state index contributed by atoms with van der Waals surface area (Å²) in [6, 6.07) is 0. The molecule has 2 aliphatic rings. The minimum Gasteiger partial charge on any atom is -0.352 e. The number of hydrogen-bond acceptors (Lipinski definition) is 2. The monoisotopic (exact) mass is 128 g/mol. The second kappa shape index (κ2) is 1.70. The number of rotatable bonds is 0. The molecular weight excluding hydrogens is 116 g/mol. The maximum atomic E-state index is 5.33. The second-order valence-corrected chi connectivity index (χ2v) is 3.19. The quantitative estimate of drug-likeness (QED) is 0.487. The molecule has 2 heteroatoms. The van der Waals surface area contributed by atoms with Crippen LogP contribution in [0.4, 0.5) is 0 Å². The lowest BCUT2D eigenvalue weighted by Crippen LogP contribution is -2.31. The van der Waals surface area contributed by atoms with Crippen LogP contribution in [0.3, 0.4) is 0 Å². The molecule has 9 heavy (non-hydrogen) atoms. The van der Waals surface area contributed by atoms with Crippen LogP contribution in [0.2, 0.25) is 0 Å². The van der Waals surface area contributed by atoms with E-state index in [0.29, 0.717) is 5.41 Å². The van der Waals surface area contributed by atoms with Gasteiger partial charge in [0.15, 0.2) is 6.29 Å². The van der Waals surface area contributed by atoms with E-state index in [-0.39, 0.29) is 6.29 Å². The van der Waals surface area contributed by atoms with E-state index < -0.39 is 0 Å². The summed E-state index contributed by atoms with van der Waals surface area (Å²) in [5.41, 5.74) is 0.465. The van der Waals surface area contributed by atoms with Crippen LogP contribution in [-0.4, -0.2) is 19.5 Å². The highest BCUT2D eigenvalue weighted by molar-refractivity contribution is 4.94. The van der Waals surface area contributed by atoms with Gasteiger partial charge in [0.1, 0.15) is 0 Å². The van der Waals surface area contributed by atoms with Crippen molar-refractivity contribution in [2.75, 3.05) is 13.2 Å². The lowest BCUT2D eigenvalue weighted by molar-refractivity contribution is -0.197. The Hall–Kier alpha value is -0.0800. The van der Waals surface area contributed by atoms with Gasteiger partial charge in [-0.3, -0.25) is 0 Å². The molecule has 52 valence electrons. The maximum Gasteiger partial charge on any atom is 0.154 e. The summed E-state index contributed by atoms with van der Waals surface area (Å²) < 4.78 is 10.7. The highest BCUT2D eigenvalue weighted by atomic mass is 16.7. The van der Waals surface area contributed by atoms with Gasteiger partial charge >= 0.3 is 0 Å². The Morgan fingerprint density at radius 2 is 1.78 bits per heavy atom. The first kappa shape index (κ1) is 5.69. The molecule has 1 aliphatic carbocycles. The molecule has 0 atom stereocenters. The van der Waals surface area contributed by atoms with Crippen molar-refractivity contribution >= 4 is 0 Å². The SMILES string of the molecule is CC1OCC2(CC2)CO1. The summed E-state index contributed by atoms with van der Waals surface area (Å²) in [5.74, 6) is 0. The zero-order valence-corrected chi connectivity index (χ0v) is 5.72. The molecule has 0 radical (unpaired) electrons. The van der Waals surface area contributed by atoms with Crippen molar-refractivity contribution < 1.29 is 9.47 Å². The molecule has 0 N–H and O–H groups in total. The molecule has 0 amide bonds. The molecule has 1 heterocycles. The van der Waals surface area contributed by atoms with Crippen molar-refractivity contribution in [3.8, 4) is 0 Å². The van der Waals surface area contributed by atoms with Crippen LogP contribution in [0, 0.1) is 5.41 Å². The van der Waals surface area contributed by atoms with Gasteiger partial charge in [-0.2, -0.15) is 0 Å². The molecule has 1 saturated heterocycles. The minimum absolute atomic E-state index is 0.0382. The molecule has 1 saturated carbocycles. The molecule has 0 aromatic carbocycles. The average Bonchev–Trinajstić information content (AvgIpc) is 2.60. The van der Waals surface area contributed by atoms with Crippen LogP contribution in [0.5, 0.6) is 0 Å². The molecular formula is C7H12O2. The van der Waals surface area contributed by atoms with Crippen molar-refractivity contribution in [1.29, 1.82) is 0 Å². The average molecular weight is 128 g/mol. The van der Waals surface area contributed by atoms with Gasteiger partial charge in [-0.15, -0.1) is 0 Å². The predicted octanol–water partition coefficient (Wildman–Crippen LogP) is 1.16. The maximum absolute atomic E-state index is 5.33.